The van der Waals surface area contributed by atoms with E-state index in [0.717, 1.165) is 4.31 Å². The number of carboxylic acid groups (broad SMARTS) is 1. The van der Waals surface area contributed by atoms with Gasteiger partial charge in [-0.1, -0.05) is 6.07 Å². The molecule has 0 unspecified atom stereocenters. The van der Waals surface area contributed by atoms with Crippen LogP contribution >= 0.6 is 0 Å². The first-order valence-electron chi connectivity index (χ1n) is 7.40. The molecule has 1 aliphatic rings. The molecule has 0 spiro atoms. The molecular formula is C16H16N2O6S. The molecule has 3 rings (SSSR count). The van der Waals surface area contributed by atoms with E-state index in [1.807, 2.05) is 0 Å². The van der Waals surface area contributed by atoms with Crippen LogP contribution in [-0.4, -0.2) is 42.1 Å². The standard InChI is InChI=1S/C16H16N2O6S/c1-11-6-13-14(24-10-23-13)7-15(11)25(21,22)18(9-16(19)20)8-12-4-2-3-5-17-12/h2-7H,8-10H2,1H3,(H,19,20). The van der Waals surface area contributed by atoms with Crippen molar-refractivity contribution >= 4 is 16.0 Å². The Morgan fingerprint density at radius 1 is 1.28 bits per heavy atom. The highest BCUT2D eigenvalue weighted by atomic mass is 32.2. The fourth-order valence-electron chi connectivity index (χ4n) is 2.49. The van der Waals surface area contributed by atoms with Crippen LogP contribution in [0, 0.1) is 6.92 Å². The average Bonchev–Trinajstić information content (AvgIpc) is 3.01. The van der Waals surface area contributed by atoms with E-state index < -0.39 is 22.5 Å². The van der Waals surface area contributed by atoms with Crippen LogP contribution in [0.5, 0.6) is 11.5 Å². The number of nitrogens with zero attached hydrogens (tertiary/aromatic N) is 2. The first-order chi connectivity index (χ1) is 11.9. The minimum absolute atomic E-state index is 0.0189. The highest BCUT2D eigenvalue weighted by Crippen LogP contribution is 2.37. The van der Waals surface area contributed by atoms with E-state index in [1.165, 1.54) is 12.3 Å². The van der Waals surface area contributed by atoms with Crippen LogP contribution in [0.2, 0.25) is 0 Å². The fraction of sp³-hybridized carbons (Fsp3) is 0.250. The quantitative estimate of drug-likeness (QED) is 0.825. The fourth-order valence-corrected chi connectivity index (χ4v) is 4.07. The Hall–Kier alpha value is -2.65. The predicted octanol–water partition coefficient (Wildman–Crippen LogP) is 1.39. The molecule has 0 bridgehead atoms. The van der Waals surface area contributed by atoms with Crippen LogP contribution in [0.25, 0.3) is 0 Å². The Labute approximate surface area is 144 Å². The predicted molar refractivity (Wildman–Crippen MR) is 86.8 cm³/mol. The molecule has 9 heteroatoms. The first kappa shape index (κ1) is 17.2. The van der Waals surface area contributed by atoms with Gasteiger partial charge in [-0.05, 0) is 30.7 Å². The van der Waals surface area contributed by atoms with E-state index in [-0.39, 0.29) is 18.2 Å². The molecular weight excluding hydrogens is 348 g/mol. The number of benzene rings is 1. The molecule has 1 aromatic heterocycles. The number of sulfonamides is 1. The Kier molecular flexibility index (Phi) is 4.60. The normalized spacial score (nSPS) is 13.2. The Balaban J connectivity index is 2.00. The summed E-state index contributed by atoms with van der Waals surface area (Å²) >= 11 is 0. The zero-order valence-corrected chi connectivity index (χ0v) is 14.2. The molecule has 25 heavy (non-hydrogen) atoms. The van der Waals surface area contributed by atoms with E-state index in [0.29, 0.717) is 22.8 Å². The number of hydrogen-bond donors (Lipinski definition) is 1. The number of rotatable bonds is 6. The number of carboxylic acids is 1. The lowest BCUT2D eigenvalue weighted by Gasteiger charge is -2.21. The first-order valence-corrected chi connectivity index (χ1v) is 8.84. The molecule has 1 N–H and O–H groups in total. The maximum atomic E-state index is 13.0. The molecule has 0 saturated heterocycles. The van der Waals surface area contributed by atoms with Gasteiger partial charge in [0.2, 0.25) is 16.8 Å². The number of carbonyl (C=O) groups is 1. The van der Waals surface area contributed by atoms with Gasteiger partial charge in [0.25, 0.3) is 0 Å². The van der Waals surface area contributed by atoms with Crippen molar-refractivity contribution in [2.24, 2.45) is 0 Å². The number of aliphatic carboxylic acids is 1. The maximum absolute atomic E-state index is 13.0. The van der Waals surface area contributed by atoms with Gasteiger partial charge < -0.3 is 14.6 Å². The van der Waals surface area contributed by atoms with Crippen molar-refractivity contribution in [2.75, 3.05) is 13.3 Å². The summed E-state index contributed by atoms with van der Waals surface area (Å²) in [5.41, 5.74) is 0.895. The van der Waals surface area contributed by atoms with Crippen molar-refractivity contribution < 1.29 is 27.8 Å². The van der Waals surface area contributed by atoms with Gasteiger partial charge in [-0.2, -0.15) is 4.31 Å². The van der Waals surface area contributed by atoms with Gasteiger partial charge in [0.1, 0.15) is 6.54 Å². The van der Waals surface area contributed by atoms with E-state index in [9.17, 15) is 13.2 Å². The smallest absolute Gasteiger partial charge is 0.318 e. The van der Waals surface area contributed by atoms with Crippen LogP contribution in [0.15, 0.2) is 41.4 Å². The van der Waals surface area contributed by atoms with Gasteiger partial charge in [-0.25, -0.2) is 8.42 Å². The molecule has 0 aliphatic carbocycles. The monoisotopic (exact) mass is 364 g/mol. The van der Waals surface area contributed by atoms with Crippen LogP contribution in [0.3, 0.4) is 0 Å². The molecule has 8 nitrogen and oxygen atoms in total. The Morgan fingerprint density at radius 2 is 2.00 bits per heavy atom. The number of hydrogen-bond acceptors (Lipinski definition) is 6. The summed E-state index contributed by atoms with van der Waals surface area (Å²) in [5, 5.41) is 9.13. The van der Waals surface area contributed by atoms with Gasteiger partial charge >= 0.3 is 5.97 Å². The van der Waals surface area contributed by atoms with Gasteiger partial charge in [-0.3, -0.25) is 9.78 Å². The van der Waals surface area contributed by atoms with Crippen LogP contribution in [0.4, 0.5) is 0 Å². The zero-order chi connectivity index (χ0) is 18.0. The summed E-state index contributed by atoms with van der Waals surface area (Å²) < 4.78 is 37.4. The van der Waals surface area contributed by atoms with Crippen molar-refractivity contribution in [3.63, 3.8) is 0 Å². The van der Waals surface area contributed by atoms with E-state index >= 15 is 0 Å². The van der Waals surface area contributed by atoms with Gasteiger partial charge in [-0.15, -0.1) is 0 Å². The van der Waals surface area contributed by atoms with Gasteiger partial charge in [0.15, 0.2) is 11.5 Å². The molecule has 1 aliphatic heterocycles. The molecule has 0 atom stereocenters. The second-order valence-corrected chi connectivity index (χ2v) is 7.37. The van der Waals surface area contributed by atoms with E-state index in [1.54, 1.807) is 31.2 Å². The van der Waals surface area contributed by atoms with E-state index in [2.05, 4.69) is 4.98 Å². The van der Waals surface area contributed by atoms with Gasteiger partial charge in [0.05, 0.1) is 17.1 Å². The van der Waals surface area contributed by atoms with Crippen LogP contribution in [-0.2, 0) is 21.4 Å². The lowest BCUT2D eigenvalue weighted by molar-refractivity contribution is -0.137. The van der Waals surface area contributed by atoms with Crippen LogP contribution in [0.1, 0.15) is 11.3 Å². The minimum Gasteiger partial charge on any atom is -0.480 e. The Bertz CT molecular complexity index is 898. The molecule has 0 fully saturated rings. The molecule has 1 aromatic carbocycles. The molecule has 0 saturated carbocycles. The van der Waals surface area contributed by atoms with Crippen molar-refractivity contribution in [3.8, 4) is 11.5 Å². The maximum Gasteiger partial charge on any atom is 0.318 e. The zero-order valence-electron chi connectivity index (χ0n) is 13.4. The van der Waals surface area contributed by atoms with Crippen molar-refractivity contribution in [1.29, 1.82) is 0 Å². The Morgan fingerprint density at radius 3 is 2.64 bits per heavy atom. The van der Waals surface area contributed by atoms with Crippen LogP contribution < -0.4 is 9.47 Å². The molecule has 0 radical (unpaired) electrons. The molecule has 0 amide bonds. The third-order valence-electron chi connectivity index (χ3n) is 3.66. The van der Waals surface area contributed by atoms with Crippen molar-refractivity contribution in [2.45, 2.75) is 18.4 Å². The molecule has 132 valence electrons. The lowest BCUT2D eigenvalue weighted by atomic mass is 10.2. The lowest BCUT2D eigenvalue weighted by Crippen LogP contribution is -2.35. The summed E-state index contributed by atoms with van der Waals surface area (Å²) in [5.74, 6) is -0.471. The van der Waals surface area contributed by atoms with Gasteiger partial charge in [0, 0.05) is 12.3 Å². The number of pyridine rings is 1. The highest BCUT2D eigenvalue weighted by Gasteiger charge is 2.30. The van der Waals surface area contributed by atoms with E-state index in [4.69, 9.17) is 14.6 Å². The number of aromatic nitrogens is 1. The molecule has 2 heterocycles. The minimum atomic E-state index is -4.07. The second-order valence-electron chi connectivity index (χ2n) is 5.46. The molecule has 2 aromatic rings. The topological polar surface area (TPSA) is 106 Å². The number of ether oxygens (including phenoxy) is 2. The average molecular weight is 364 g/mol. The summed E-state index contributed by atoms with van der Waals surface area (Å²) in [6.45, 7) is 0.815. The third kappa shape index (κ3) is 3.57. The van der Waals surface area contributed by atoms with Crippen molar-refractivity contribution in [1.82, 2.24) is 9.29 Å². The largest absolute Gasteiger partial charge is 0.480 e. The summed E-state index contributed by atoms with van der Waals surface area (Å²) in [6, 6.07) is 7.97. The summed E-state index contributed by atoms with van der Waals surface area (Å²) in [6.07, 6.45) is 1.52. The van der Waals surface area contributed by atoms with Crippen molar-refractivity contribution in [3.05, 3.63) is 47.8 Å². The number of fused-ring (bicyclic) bond motifs is 1. The second kappa shape index (κ2) is 6.69. The summed E-state index contributed by atoms with van der Waals surface area (Å²) in [7, 11) is -4.07. The number of aryl methyl sites for hydroxylation is 1. The highest BCUT2D eigenvalue weighted by molar-refractivity contribution is 7.89. The SMILES string of the molecule is Cc1cc2c(cc1S(=O)(=O)N(CC(=O)O)Cc1ccccn1)OCO2. The summed E-state index contributed by atoms with van der Waals surface area (Å²) in [4.78, 5) is 15.2. The third-order valence-corrected chi connectivity index (χ3v) is 5.60.